The number of nitrogens with one attached hydrogen (secondary N) is 2. The highest BCUT2D eigenvalue weighted by Gasteiger charge is 2.26. The van der Waals surface area contributed by atoms with Crippen LogP contribution in [-0.4, -0.2) is 29.4 Å². The largest absolute Gasteiger partial charge is 0.452 e. The molecule has 0 saturated heterocycles. The van der Waals surface area contributed by atoms with E-state index in [9.17, 15) is 19.7 Å². The zero-order valence-electron chi connectivity index (χ0n) is 15.0. The van der Waals surface area contributed by atoms with Gasteiger partial charge in [0.25, 0.3) is 11.6 Å². The third kappa shape index (κ3) is 4.98. The molecule has 2 N–H and O–H groups in total. The summed E-state index contributed by atoms with van der Waals surface area (Å²) in [6, 6.07) is 9.39. The molecular weight excluding hydrogens is 386 g/mol. The Bertz CT molecular complexity index is 943. The van der Waals surface area contributed by atoms with Gasteiger partial charge in [-0.05, 0) is 49.6 Å². The minimum atomic E-state index is -0.828. The van der Waals surface area contributed by atoms with Crippen molar-refractivity contribution in [3.63, 3.8) is 0 Å². The van der Waals surface area contributed by atoms with E-state index in [0.717, 1.165) is 24.5 Å². The van der Waals surface area contributed by atoms with Crippen LogP contribution in [0.25, 0.3) is 0 Å². The van der Waals surface area contributed by atoms with Gasteiger partial charge in [0, 0.05) is 12.1 Å². The van der Waals surface area contributed by atoms with Crippen molar-refractivity contribution in [1.82, 2.24) is 0 Å². The first-order chi connectivity index (χ1) is 13.3. The van der Waals surface area contributed by atoms with Crippen molar-refractivity contribution in [2.45, 2.75) is 25.8 Å². The van der Waals surface area contributed by atoms with Crippen molar-refractivity contribution < 1.29 is 19.2 Å². The van der Waals surface area contributed by atoms with E-state index >= 15 is 0 Å². The molecule has 0 radical (unpaired) electrons. The number of rotatable bonds is 7. The number of aryl methyl sites for hydroxylation is 1. The van der Waals surface area contributed by atoms with E-state index < -0.39 is 23.4 Å². The molecule has 28 heavy (non-hydrogen) atoms. The molecule has 0 unspecified atom stereocenters. The molecule has 0 aromatic heterocycles. The smallest absolute Gasteiger partial charge is 0.338 e. The average molecular weight is 404 g/mol. The summed E-state index contributed by atoms with van der Waals surface area (Å²) in [5.41, 5.74) is 1.48. The van der Waals surface area contributed by atoms with E-state index in [0.29, 0.717) is 16.4 Å². The number of nitro groups is 1. The van der Waals surface area contributed by atoms with E-state index in [2.05, 4.69) is 10.6 Å². The van der Waals surface area contributed by atoms with Crippen LogP contribution in [0.1, 0.15) is 28.8 Å². The first-order valence-electron chi connectivity index (χ1n) is 8.61. The molecule has 0 atom stereocenters. The number of nitro benzene ring substituents is 1. The summed E-state index contributed by atoms with van der Waals surface area (Å²) in [7, 11) is 0. The number of carbonyl (C=O) groups is 2. The Kier molecular flexibility index (Phi) is 5.79. The van der Waals surface area contributed by atoms with Gasteiger partial charge in [0.15, 0.2) is 6.61 Å². The van der Waals surface area contributed by atoms with Crippen molar-refractivity contribution in [3.8, 4) is 0 Å². The quantitative estimate of drug-likeness (QED) is 0.411. The third-order valence-corrected chi connectivity index (χ3v) is 4.41. The van der Waals surface area contributed by atoms with Gasteiger partial charge >= 0.3 is 5.97 Å². The number of hydrogen-bond acceptors (Lipinski definition) is 6. The van der Waals surface area contributed by atoms with Crippen LogP contribution in [0.15, 0.2) is 36.4 Å². The molecule has 1 fully saturated rings. The van der Waals surface area contributed by atoms with E-state index in [1.807, 2.05) is 6.92 Å². The lowest BCUT2D eigenvalue weighted by Crippen LogP contribution is -2.21. The van der Waals surface area contributed by atoms with Crippen LogP contribution in [0.2, 0.25) is 5.02 Å². The SMILES string of the molecule is Cc1ccc(NC(=O)COC(=O)c2ccc(NC3CC3)c([N+](=O)[O-])c2)c(Cl)c1. The van der Waals surface area contributed by atoms with Crippen LogP contribution >= 0.6 is 11.6 Å². The molecule has 2 aromatic rings. The molecule has 1 aliphatic rings. The van der Waals surface area contributed by atoms with Gasteiger partial charge in [-0.3, -0.25) is 14.9 Å². The minimum absolute atomic E-state index is 0.00536. The fraction of sp³-hybridized carbons (Fsp3) is 0.263. The number of nitrogens with zero attached hydrogens (tertiary/aromatic N) is 1. The molecule has 1 amide bonds. The normalized spacial score (nSPS) is 12.9. The topological polar surface area (TPSA) is 111 Å². The van der Waals surface area contributed by atoms with Gasteiger partial charge in [0.1, 0.15) is 5.69 Å². The molecule has 0 heterocycles. The lowest BCUT2D eigenvalue weighted by atomic mass is 10.1. The van der Waals surface area contributed by atoms with Crippen LogP contribution < -0.4 is 10.6 Å². The summed E-state index contributed by atoms with van der Waals surface area (Å²) < 4.78 is 4.96. The van der Waals surface area contributed by atoms with Gasteiger partial charge in [-0.1, -0.05) is 17.7 Å². The predicted molar refractivity (Wildman–Crippen MR) is 105 cm³/mol. The molecule has 0 spiro atoms. The maximum absolute atomic E-state index is 12.2. The Labute approximate surface area is 166 Å². The molecule has 0 bridgehead atoms. The second-order valence-corrected chi connectivity index (χ2v) is 6.92. The van der Waals surface area contributed by atoms with Gasteiger partial charge < -0.3 is 15.4 Å². The fourth-order valence-electron chi connectivity index (χ4n) is 2.50. The highest BCUT2D eigenvalue weighted by molar-refractivity contribution is 6.33. The molecule has 9 heteroatoms. The van der Waals surface area contributed by atoms with Crippen molar-refractivity contribution >= 4 is 40.5 Å². The molecule has 3 rings (SSSR count). The molecular formula is C19H18ClN3O5. The summed E-state index contributed by atoms with van der Waals surface area (Å²) in [4.78, 5) is 34.8. The Morgan fingerprint density at radius 1 is 1.21 bits per heavy atom. The Morgan fingerprint density at radius 3 is 2.57 bits per heavy atom. The van der Waals surface area contributed by atoms with Crippen LogP contribution in [0.5, 0.6) is 0 Å². The van der Waals surface area contributed by atoms with Crippen LogP contribution in [0, 0.1) is 17.0 Å². The molecule has 1 saturated carbocycles. The van der Waals surface area contributed by atoms with Crippen molar-refractivity contribution in [2.24, 2.45) is 0 Å². The number of ether oxygens (including phenoxy) is 1. The molecule has 146 valence electrons. The molecule has 2 aromatic carbocycles. The van der Waals surface area contributed by atoms with E-state index in [1.54, 1.807) is 18.2 Å². The van der Waals surface area contributed by atoms with E-state index in [-0.39, 0.29) is 17.3 Å². The monoisotopic (exact) mass is 403 g/mol. The number of benzene rings is 2. The average Bonchev–Trinajstić information content (AvgIpc) is 3.46. The fourth-order valence-corrected chi connectivity index (χ4v) is 2.78. The van der Waals surface area contributed by atoms with E-state index in [1.165, 1.54) is 12.1 Å². The Balaban J connectivity index is 1.61. The van der Waals surface area contributed by atoms with Gasteiger partial charge in [0.05, 0.1) is 21.2 Å². The van der Waals surface area contributed by atoms with Crippen LogP contribution in [0.3, 0.4) is 0 Å². The minimum Gasteiger partial charge on any atom is -0.452 e. The van der Waals surface area contributed by atoms with Gasteiger partial charge in [-0.15, -0.1) is 0 Å². The van der Waals surface area contributed by atoms with Crippen molar-refractivity contribution in [1.29, 1.82) is 0 Å². The molecule has 0 aliphatic heterocycles. The molecule has 8 nitrogen and oxygen atoms in total. The number of esters is 1. The summed E-state index contributed by atoms with van der Waals surface area (Å²) in [5, 5.41) is 17.2. The summed E-state index contributed by atoms with van der Waals surface area (Å²) in [6.45, 7) is 1.32. The van der Waals surface area contributed by atoms with E-state index in [4.69, 9.17) is 16.3 Å². The zero-order valence-corrected chi connectivity index (χ0v) is 15.8. The molecule has 1 aliphatic carbocycles. The highest BCUT2D eigenvalue weighted by Crippen LogP contribution is 2.31. The summed E-state index contributed by atoms with van der Waals surface area (Å²) in [6.07, 6.45) is 1.92. The van der Waals surface area contributed by atoms with Crippen molar-refractivity contribution in [2.75, 3.05) is 17.2 Å². The first-order valence-corrected chi connectivity index (χ1v) is 8.99. The number of hydrogen-bond donors (Lipinski definition) is 2. The third-order valence-electron chi connectivity index (χ3n) is 4.10. The number of amides is 1. The zero-order chi connectivity index (χ0) is 20.3. The maximum atomic E-state index is 12.2. The second-order valence-electron chi connectivity index (χ2n) is 6.52. The van der Waals surface area contributed by atoms with Gasteiger partial charge in [-0.25, -0.2) is 4.79 Å². The lowest BCUT2D eigenvalue weighted by molar-refractivity contribution is -0.384. The summed E-state index contributed by atoms with van der Waals surface area (Å²) >= 11 is 6.04. The standard InChI is InChI=1S/C19H18ClN3O5/c1-11-2-6-15(14(20)8-11)22-18(24)10-28-19(25)12-3-7-16(21-13-4-5-13)17(9-12)23(26)27/h2-3,6-9,13,21H,4-5,10H2,1H3,(H,22,24). The number of anilines is 2. The highest BCUT2D eigenvalue weighted by atomic mass is 35.5. The van der Waals surface area contributed by atoms with Crippen LogP contribution in [-0.2, 0) is 9.53 Å². The summed E-state index contributed by atoms with van der Waals surface area (Å²) in [5.74, 6) is -1.40. The predicted octanol–water partition coefficient (Wildman–Crippen LogP) is 3.93. The Morgan fingerprint density at radius 2 is 1.93 bits per heavy atom. The lowest BCUT2D eigenvalue weighted by Gasteiger charge is -2.10. The van der Waals surface area contributed by atoms with Crippen LogP contribution in [0.4, 0.5) is 17.1 Å². The number of halogens is 1. The van der Waals surface area contributed by atoms with Gasteiger partial charge in [-0.2, -0.15) is 0 Å². The first kappa shape index (κ1) is 19.6. The van der Waals surface area contributed by atoms with Gasteiger partial charge in [0.2, 0.25) is 0 Å². The maximum Gasteiger partial charge on any atom is 0.338 e. The Hall–Kier alpha value is -3.13. The van der Waals surface area contributed by atoms with Crippen molar-refractivity contribution in [3.05, 3.63) is 62.7 Å². The second kappa shape index (κ2) is 8.26. The number of carbonyl (C=O) groups excluding carboxylic acids is 2.